The van der Waals surface area contributed by atoms with Crippen molar-refractivity contribution in [1.29, 1.82) is 0 Å². The molecule has 1 rings (SSSR count). The molecule has 0 N–H and O–H groups in total. The maximum Gasteiger partial charge on any atom is 0.459 e. The Morgan fingerprint density at radius 3 is 1.88 bits per heavy atom. The van der Waals surface area contributed by atoms with Crippen LogP contribution in [-0.2, 0) is 10.3 Å². The Kier molecular flexibility index (Phi) is 5.49. The molecule has 1 unspecified atom stereocenters. The number of hydrogen-bond donors (Lipinski definition) is 0. The molecule has 0 aromatic heterocycles. The molecule has 0 aliphatic rings. The van der Waals surface area contributed by atoms with E-state index in [0.29, 0.717) is 5.69 Å². The van der Waals surface area contributed by atoms with Gasteiger partial charge in [-0.1, -0.05) is 18.2 Å². The molecule has 0 fully saturated rings. The topological polar surface area (TPSA) is 12.5 Å². The van der Waals surface area contributed by atoms with Gasteiger partial charge in [-0.15, -0.1) is 0 Å². The van der Waals surface area contributed by atoms with Crippen molar-refractivity contribution in [1.82, 2.24) is 0 Å². The molecular weight excluding hydrogens is 343 g/mol. The van der Waals surface area contributed by atoms with E-state index >= 15 is 0 Å². The third-order valence-corrected chi connectivity index (χ3v) is 3.78. The normalized spacial score (nSPS) is 16.0. The van der Waals surface area contributed by atoms with Gasteiger partial charge in [0.2, 0.25) is 0 Å². The smallest absolute Gasteiger partial charge is 0.377 e. The van der Waals surface area contributed by atoms with Gasteiger partial charge in [0, 0.05) is 32.5 Å². The van der Waals surface area contributed by atoms with E-state index < -0.39 is 30.0 Å². The van der Waals surface area contributed by atoms with Crippen molar-refractivity contribution in [2.75, 3.05) is 26.1 Å². The van der Waals surface area contributed by atoms with Crippen LogP contribution in [0, 0.1) is 0 Å². The maximum absolute atomic E-state index is 13.8. The predicted octanol–water partition coefficient (Wildman–Crippen LogP) is 4.84. The second-order valence-electron chi connectivity index (χ2n) is 5.80. The molecule has 138 valence electrons. The summed E-state index contributed by atoms with van der Waals surface area (Å²) >= 11 is 0. The summed E-state index contributed by atoms with van der Waals surface area (Å²) in [5.74, 6) is -11.5. The van der Waals surface area contributed by atoms with Crippen molar-refractivity contribution < 1.29 is 35.5 Å². The SMILES string of the molecule is COC(C)(CC(F)(F)C(F)(F)C(F)(F)F)c1ccccc1N(C)C. The van der Waals surface area contributed by atoms with Crippen LogP contribution in [-0.4, -0.2) is 39.2 Å². The van der Waals surface area contributed by atoms with E-state index in [-0.39, 0.29) is 5.56 Å². The van der Waals surface area contributed by atoms with Crippen LogP contribution in [0.3, 0.4) is 0 Å². The molecule has 0 saturated heterocycles. The lowest BCUT2D eigenvalue weighted by Gasteiger charge is -2.37. The Labute approximate surface area is 135 Å². The fourth-order valence-electron chi connectivity index (χ4n) is 2.33. The minimum atomic E-state index is -6.37. The molecular formula is C15H18F7NO. The minimum Gasteiger partial charge on any atom is -0.377 e. The van der Waals surface area contributed by atoms with E-state index in [1.165, 1.54) is 23.1 Å². The monoisotopic (exact) mass is 361 g/mol. The van der Waals surface area contributed by atoms with E-state index in [9.17, 15) is 30.7 Å². The third kappa shape index (κ3) is 3.60. The fourth-order valence-corrected chi connectivity index (χ4v) is 2.33. The first-order chi connectivity index (χ1) is 10.7. The first-order valence-corrected chi connectivity index (χ1v) is 6.84. The van der Waals surface area contributed by atoms with Crippen LogP contribution in [0.25, 0.3) is 0 Å². The molecule has 1 atom stereocenters. The zero-order valence-electron chi connectivity index (χ0n) is 13.5. The van der Waals surface area contributed by atoms with Gasteiger partial charge in [0.15, 0.2) is 0 Å². The Morgan fingerprint density at radius 1 is 0.958 bits per heavy atom. The summed E-state index contributed by atoms with van der Waals surface area (Å²) in [5.41, 5.74) is -1.61. The number of halogens is 7. The molecule has 0 amide bonds. The van der Waals surface area contributed by atoms with Crippen LogP contribution >= 0.6 is 0 Å². The summed E-state index contributed by atoms with van der Waals surface area (Å²) in [5, 5.41) is 0. The summed E-state index contributed by atoms with van der Waals surface area (Å²) in [4.78, 5) is 1.52. The number of nitrogens with zero attached hydrogens (tertiary/aromatic N) is 1. The van der Waals surface area contributed by atoms with Crippen LogP contribution in [0.4, 0.5) is 36.4 Å². The molecule has 2 nitrogen and oxygen atoms in total. The molecule has 0 heterocycles. The molecule has 1 aromatic carbocycles. The Hall–Kier alpha value is -1.51. The van der Waals surface area contributed by atoms with Crippen molar-refractivity contribution in [3.63, 3.8) is 0 Å². The van der Waals surface area contributed by atoms with Crippen molar-refractivity contribution in [2.45, 2.75) is 37.0 Å². The van der Waals surface area contributed by atoms with Crippen molar-refractivity contribution in [3.8, 4) is 0 Å². The third-order valence-electron chi connectivity index (χ3n) is 3.78. The van der Waals surface area contributed by atoms with Gasteiger partial charge in [0.25, 0.3) is 0 Å². The van der Waals surface area contributed by atoms with Gasteiger partial charge in [-0.3, -0.25) is 0 Å². The average molecular weight is 361 g/mol. The highest BCUT2D eigenvalue weighted by Gasteiger charge is 2.73. The fraction of sp³-hybridized carbons (Fsp3) is 0.600. The van der Waals surface area contributed by atoms with Gasteiger partial charge in [0.05, 0.1) is 12.0 Å². The number of ether oxygens (including phenoxy) is 1. The van der Waals surface area contributed by atoms with E-state index in [4.69, 9.17) is 4.74 Å². The number of benzene rings is 1. The quantitative estimate of drug-likeness (QED) is 0.673. The molecule has 1 aromatic rings. The lowest BCUT2D eigenvalue weighted by molar-refractivity contribution is -0.361. The van der Waals surface area contributed by atoms with E-state index in [1.54, 1.807) is 20.2 Å². The van der Waals surface area contributed by atoms with Gasteiger partial charge in [0.1, 0.15) is 0 Å². The van der Waals surface area contributed by atoms with Crippen LogP contribution in [0.15, 0.2) is 24.3 Å². The summed E-state index contributed by atoms with van der Waals surface area (Å²) in [6.45, 7) is 1.05. The Morgan fingerprint density at radius 2 is 1.46 bits per heavy atom. The molecule has 0 aliphatic carbocycles. The first kappa shape index (κ1) is 20.5. The first-order valence-electron chi connectivity index (χ1n) is 6.84. The van der Waals surface area contributed by atoms with Crippen LogP contribution in [0.1, 0.15) is 18.9 Å². The van der Waals surface area contributed by atoms with Gasteiger partial charge in [-0.05, 0) is 13.0 Å². The number of methoxy groups -OCH3 is 1. The van der Waals surface area contributed by atoms with Crippen molar-refractivity contribution in [3.05, 3.63) is 29.8 Å². The zero-order chi connectivity index (χ0) is 19.0. The maximum atomic E-state index is 13.8. The summed E-state index contributed by atoms with van der Waals surface area (Å²) < 4.78 is 96.1. The lowest BCUT2D eigenvalue weighted by atomic mass is 9.86. The molecule has 0 saturated carbocycles. The second-order valence-corrected chi connectivity index (χ2v) is 5.80. The molecule has 0 bridgehead atoms. The highest BCUT2D eigenvalue weighted by molar-refractivity contribution is 5.55. The molecule has 9 heteroatoms. The van der Waals surface area contributed by atoms with E-state index in [1.807, 2.05) is 0 Å². The summed E-state index contributed by atoms with van der Waals surface area (Å²) in [7, 11) is 4.14. The van der Waals surface area contributed by atoms with Gasteiger partial charge in [-0.25, -0.2) is 0 Å². The van der Waals surface area contributed by atoms with Crippen molar-refractivity contribution in [2.24, 2.45) is 0 Å². The molecule has 0 aliphatic heterocycles. The Bertz CT molecular complexity index is 571. The largest absolute Gasteiger partial charge is 0.459 e. The number of para-hydroxylation sites is 1. The lowest BCUT2D eigenvalue weighted by Crippen LogP contribution is -2.54. The summed E-state index contributed by atoms with van der Waals surface area (Å²) in [6, 6.07) is 5.91. The molecule has 0 spiro atoms. The number of rotatable bonds is 6. The highest BCUT2D eigenvalue weighted by Crippen LogP contribution is 2.52. The zero-order valence-corrected chi connectivity index (χ0v) is 13.5. The molecule has 0 radical (unpaired) electrons. The van der Waals surface area contributed by atoms with E-state index in [0.717, 1.165) is 14.0 Å². The van der Waals surface area contributed by atoms with E-state index in [2.05, 4.69) is 0 Å². The van der Waals surface area contributed by atoms with Gasteiger partial charge < -0.3 is 9.64 Å². The van der Waals surface area contributed by atoms with Crippen LogP contribution < -0.4 is 4.90 Å². The standard InChI is InChI=1S/C15H18F7NO/c1-12(24-4,10-7-5-6-8-11(10)23(2)3)9-13(16,17)14(18,19)15(20,21)22/h5-8H,9H2,1-4H3. The van der Waals surface area contributed by atoms with Crippen molar-refractivity contribution >= 4 is 5.69 Å². The van der Waals surface area contributed by atoms with Gasteiger partial charge in [-0.2, -0.15) is 30.7 Å². The number of alkyl halides is 7. The summed E-state index contributed by atoms with van der Waals surface area (Å²) in [6.07, 6.45) is -8.21. The molecule has 24 heavy (non-hydrogen) atoms. The second kappa shape index (κ2) is 6.42. The number of hydrogen-bond acceptors (Lipinski definition) is 2. The average Bonchev–Trinajstić information content (AvgIpc) is 2.45. The number of anilines is 1. The Balaban J connectivity index is 3.37. The highest BCUT2D eigenvalue weighted by atomic mass is 19.4. The van der Waals surface area contributed by atoms with Crippen LogP contribution in [0.5, 0.6) is 0 Å². The van der Waals surface area contributed by atoms with Gasteiger partial charge >= 0.3 is 18.0 Å². The van der Waals surface area contributed by atoms with Crippen LogP contribution in [0.2, 0.25) is 0 Å². The predicted molar refractivity (Wildman–Crippen MR) is 75.7 cm³/mol. The minimum absolute atomic E-state index is 0.0788.